The summed E-state index contributed by atoms with van der Waals surface area (Å²) in [5, 5.41) is 0. The molecule has 0 atom stereocenters. The van der Waals surface area contributed by atoms with Gasteiger partial charge in [0.25, 0.3) is 0 Å². The van der Waals surface area contributed by atoms with Crippen molar-refractivity contribution in [3.63, 3.8) is 0 Å². The Morgan fingerprint density at radius 1 is 0.641 bits per heavy atom. The van der Waals surface area contributed by atoms with E-state index in [2.05, 4.69) is 97.2 Å². The summed E-state index contributed by atoms with van der Waals surface area (Å²) in [6, 6.07) is 8.95. The minimum absolute atomic E-state index is 0.0572. The SMILES string of the molecule is CC(C)(O[Si](C)(O[Si](C)(C)C)O[Si](C)(C)C)C(=O)c1ccc(CCC[Si](C)(O[Si](C)(C)C)O[Si](C)(C)C)cc1. The Morgan fingerprint density at radius 3 is 1.38 bits per heavy atom. The third kappa shape index (κ3) is 15.2. The van der Waals surface area contributed by atoms with Gasteiger partial charge in [0.15, 0.2) is 39.1 Å². The van der Waals surface area contributed by atoms with Crippen LogP contribution in [0.2, 0.25) is 97.7 Å². The molecular formula is C27H58O6Si6. The van der Waals surface area contributed by atoms with Gasteiger partial charge in [-0.25, -0.2) is 0 Å². The summed E-state index contributed by atoms with van der Waals surface area (Å²) >= 11 is 0. The van der Waals surface area contributed by atoms with Gasteiger partial charge in [-0.1, -0.05) is 24.3 Å². The van der Waals surface area contributed by atoms with E-state index in [0.29, 0.717) is 5.56 Å². The predicted octanol–water partition coefficient (Wildman–Crippen LogP) is 8.64. The van der Waals surface area contributed by atoms with Gasteiger partial charge in [-0.2, -0.15) is 0 Å². The van der Waals surface area contributed by atoms with Crippen LogP contribution in [0.15, 0.2) is 24.3 Å². The van der Waals surface area contributed by atoms with E-state index < -0.39 is 56.2 Å². The van der Waals surface area contributed by atoms with Crippen molar-refractivity contribution in [1.82, 2.24) is 0 Å². The zero-order valence-corrected chi connectivity index (χ0v) is 33.9. The van der Waals surface area contributed by atoms with Crippen LogP contribution in [0.5, 0.6) is 0 Å². The lowest BCUT2D eigenvalue weighted by atomic mass is 9.95. The van der Waals surface area contributed by atoms with E-state index >= 15 is 0 Å². The van der Waals surface area contributed by atoms with Crippen molar-refractivity contribution >= 4 is 56.4 Å². The first kappa shape index (κ1) is 37.0. The molecule has 0 unspecified atom stereocenters. The first-order valence-corrected chi connectivity index (χ1v) is 32.7. The second-order valence-corrected chi connectivity index (χ2v) is 40.2. The van der Waals surface area contributed by atoms with Crippen molar-refractivity contribution in [2.45, 2.75) is 130 Å². The normalized spacial score (nSPS) is 14.6. The van der Waals surface area contributed by atoms with E-state index in [-0.39, 0.29) is 5.78 Å². The molecular weight excluding hydrogens is 589 g/mol. The summed E-state index contributed by atoms with van der Waals surface area (Å²) in [4.78, 5) is 13.6. The smallest absolute Gasteiger partial charge is 0.437 e. The topological polar surface area (TPSA) is 63.2 Å². The molecule has 226 valence electrons. The molecule has 0 aliphatic heterocycles. The second kappa shape index (κ2) is 13.1. The monoisotopic (exact) mass is 646 g/mol. The first-order valence-electron chi connectivity index (χ1n) is 14.3. The fraction of sp³-hybridized carbons (Fsp3) is 0.741. The molecule has 1 aromatic carbocycles. The van der Waals surface area contributed by atoms with E-state index in [1.165, 1.54) is 5.56 Å². The van der Waals surface area contributed by atoms with Crippen LogP contribution in [0.25, 0.3) is 0 Å². The quantitative estimate of drug-likeness (QED) is 0.132. The lowest BCUT2D eigenvalue weighted by Crippen LogP contribution is -2.59. The molecule has 0 heterocycles. The van der Waals surface area contributed by atoms with Gasteiger partial charge in [0.05, 0.1) is 0 Å². The Labute approximate surface area is 246 Å². The van der Waals surface area contributed by atoms with Gasteiger partial charge in [-0.05, 0) is 123 Å². The van der Waals surface area contributed by atoms with Crippen LogP contribution in [-0.4, -0.2) is 62.0 Å². The van der Waals surface area contributed by atoms with Gasteiger partial charge in [0, 0.05) is 12.1 Å². The van der Waals surface area contributed by atoms with E-state index in [1.54, 1.807) is 0 Å². The van der Waals surface area contributed by atoms with Crippen LogP contribution in [0.4, 0.5) is 0 Å². The molecule has 0 radical (unpaired) electrons. The summed E-state index contributed by atoms with van der Waals surface area (Å²) in [5.74, 6) is -0.0572. The number of Topliss-reactive ketones (excluding diaryl/α,β-unsaturated/α-hetero) is 1. The number of benzene rings is 1. The van der Waals surface area contributed by atoms with Crippen LogP contribution in [0, 0.1) is 0 Å². The van der Waals surface area contributed by atoms with Crippen molar-refractivity contribution in [2.75, 3.05) is 0 Å². The highest BCUT2D eigenvalue weighted by Crippen LogP contribution is 2.30. The number of aryl methyl sites for hydroxylation is 1. The van der Waals surface area contributed by atoms with E-state index in [0.717, 1.165) is 18.9 Å². The lowest BCUT2D eigenvalue weighted by molar-refractivity contribution is 0.0313. The van der Waals surface area contributed by atoms with Gasteiger partial charge in [-0.3, -0.25) is 4.79 Å². The second-order valence-electron chi connectivity index (χ2n) is 15.3. The average Bonchev–Trinajstić information content (AvgIpc) is 2.60. The highest BCUT2D eigenvalue weighted by Gasteiger charge is 2.48. The maximum Gasteiger partial charge on any atom is 0.477 e. The molecule has 0 saturated heterocycles. The molecule has 0 spiro atoms. The van der Waals surface area contributed by atoms with Crippen LogP contribution in [0.1, 0.15) is 36.2 Å². The van der Waals surface area contributed by atoms with Crippen molar-refractivity contribution < 1.29 is 25.7 Å². The van der Waals surface area contributed by atoms with Crippen molar-refractivity contribution in [3.8, 4) is 0 Å². The van der Waals surface area contributed by atoms with Crippen LogP contribution >= 0.6 is 0 Å². The predicted molar refractivity (Wildman–Crippen MR) is 180 cm³/mol. The molecule has 0 fully saturated rings. The number of ketones is 1. The zero-order chi connectivity index (χ0) is 30.7. The number of carbonyl (C=O) groups is 1. The molecule has 39 heavy (non-hydrogen) atoms. The first-order chi connectivity index (χ1) is 17.1. The summed E-state index contributed by atoms with van der Waals surface area (Å²) in [7, 11) is -12.6. The van der Waals surface area contributed by atoms with E-state index in [9.17, 15) is 4.79 Å². The molecule has 0 amide bonds. The molecule has 1 rings (SSSR count). The summed E-state index contributed by atoms with van der Waals surface area (Å²) in [6.07, 6.45) is 1.94. The number of carbonyl (C=O) groups excluding carboxylic acids is 1. The van der Waals surface area contributed by atoms with E-state index in [1.807, 2.05) is 32.5 Å². The number of hydrogen-bond donors (Lipinski definition) is 0. The lowest BCUT2D eigenvalue weighted by Gasteiger charge is -2.41. The van der Waals surface area contributed by atoms with Crippen LogP contribution < -0.4 is 0 Å². The third-order valence-corrected chi connectivity index (χ3v) is 23.7. The molecule has 0 bridgehead atoms. The maximum atomic E-state index is 13.6. The minimum Gasteiger partial charge on any atom is -0.437 e. The molecule has 12 heteroatoms. The number of rotatable bonds is 16. The van der Waals surface area contributed by atoms with Crippen molar-refractivity contribution in [1.29, 1.82) is 0 Å². The average molecular weight is 647 g/mol. The van der Waals surface area contributed by atoms with Gasteiger partial charge < -0.3 is 20.9 Å². The van der Waals surface area contributed by atoms with E-state index in [4.69, 9.17) is 20.9 Å². The third-order valence-electron chi connectivity index (χ3n) is 5.33. The number of hydrogen-bond acceptors (Lipinski definition) is 6. The van der Waals surface area contributed by atoms with Crippen molar-refractivity contribution in [3.05, 3.63) is 35.4 Å². The molecule has 0 aromatic heterocycles. The molecule has 0 saturated carbocycles. The maximum absolute atomic E-state index is 13.6. The molecule has 1 aromatic rings. The summed E-state index contributed by atoms with van der Waals surface area (Å²) in [5.41, 5.74) is 0.799. The highest BCUT2D eigenvalue weighted by molar-refractivity contribution is 6.87. The summed E-state index contributed by atoms with van der Waals surface area (Å²) < 4.78 is 32.8. The fourth-order valence-corrected chi connectivity index (χ4v) is 28.2. The fourth-order valence-electron chi connectivity index (χ4n) is 4.89. The highest BCUT2D eigenvalue weighted by atomic mass is 28.5. The Bertz CT molecular complexity index is 908. The Morgan fingerprint density at radius 2 is 1.03 bits per heavy atom. The van der Waals surface area contributed by atoms with Crippen molar-refractivity contribution in [2.24, 2.45) is 0 Å². The molecule has 0 aliphatic carbocycles. The Kier molecular flexibility index (Phi) is 12.4. The van der Waals surface area contributed by atoms with Crippen LogP contribution in [-0.2, 0) is 27.3 Å². The standard InChI is InChI=1S/C27H58O6Si6/c1-27(2,29-39(16,32-36(9,10)11)33-37(12,13)14)26(28)25-21-19-24(20-22-25)18-17-23-38(15,30-34(3,4)5)31-35(6,7)8/h19-22H,17-18,23H2,1-16H3. The van der Waals surface area contributed by atoms with Gasteiger partial charge in [-0.15, -0.1) is 0 Å². The zero-order valence-electron chi connectivity index (χ0n) is 27.9. The molecule has 0 N–H and O–H groups in total. The summed E-state index contributed by atoms with van der Waals surface area (Å²) in [6.45, 7) is 34.1. The van der Waals surface area contributed by atoms with Crippen LogP contribution in [0.3, 0.4) is 0 Å². The molecule has 6 nitrogen and oxygen atoms in total. The minimum atomic E-state index is -3.04. The Hall–Kier alpha value is -0.00870. The van der Waals surface area contributed by atoms with Gasteiger partial charge in [0.2, 0.25) is 0 Å². The van der Waals surface area contributed by atoms with Gasteiger partial charge in [0.1, 0.15) is 5.60 Å². The van der Waals surface area contributed by atoms with Gasteiger partial charge >= 0.3 is 17.4 Å². The largest absolute Gasteiger partial charge is 0.477 e. The Balaban J connectivity index is 2.97. The molecule has 0 aliphatic rings.